The van der Waals surface area contributed by atoms with E-state index in [-0.39, 0.29) is 5.91 Å². The monoisotopic (exact) mass is 289 g/mol. The molecule has 3 N–H and O–H groups in total. The quantitative estimate of drug-likeness (QED) is 0.467. The van der Waals surface area contributed by atoms with Crippen LogP contribution in [0.2, 0.25) is 0 Å². The van der Waals surface area contributed by atoms with Crippen LogP contribution in [0.1, 0.15) is 42.8 Å². The summed E-state index contributed by atoms with van der Waals surface area (Å²) in [4.78, 5) is 14.4. The summed E-state index contributed by atoms with van der Waals surface area (Å²) in [7, 11) is 0. The summed E-state index contributed by atoms with van der Waals surface area (Å²) in [6.07, 6.45) is 2.14. The molecule has 0 atom stereocenters. The second-order valence-corrected chi connectivity index (χ2v) is 5.15. The van der Waals surface area contributed by atoms with Crippen molar-refractivity contribution in [2.75, 3.05) is 13.1 Å². The van der Waals surface area contributed by atoms with E-state index >= 15 is 0 Å². The van der Waals surface area contributed by atoms with Crippen LogP contribution in [0.4, 0.5) is 0 Å². The van der Waals surface area contributed by atoms with Gasteiger partial charge in [-0.05, 0) is 32.0 Å². The first-order valence-electron chi connectivity index (χ1n) is 7.44. The van der Waals surface area contributed by atoms with E-state index in [1.54, 1.807) is 0 Å². The van der Waals surface area contributed by atoms with Gasteiger partial charge in [-0.15, -0.1) is 0 Å². The van der Waals surface area contributed by atoms with Crippen molar-refractivity contribution in [1.29, 1.82) is 0 Å². The maximum absolute atomic E-state index is 12.1. The molecule has 0 radical (unpaired) electrons. The predicted molar refractivity (Wildman–Crippen MR) is 83.7 cm³/mol. The molecule has 5 nitrogen and oxygen atoms in total. The molecule has 2 aromatic rings. The normalized spacial score (nSPS) is 11.2. The van der Waals surface area contributed by atoms with Crippen molar-refractivity contribution in [3.05, 3.63) is 35.6 Å². The summed E-state index contributed by atoms with van der Waals surface area (Å²) >= 11 is 0. The lowest BCUT2D eigenvalue weighted by molar-refractivity contribution is 0.0951. The molecular formula is C16H23N3O2. The van der Waals surface area contributed by atoms with Gasteiger partial charge in [-0.25, -0.2) is 5.84 Å². The molecule has 0 bridgehead atoms. The fourth-order valence-corrected chi connectivity index (χ4v) is 2.63. The SMILES string of the molecule is CCCN(CCC)Cc1oc2ccccc2c1C(=O)NN. The average Bonchev–Trinajstić information content (AvgIpc) is 2.85. The van der Waals surface area contributed by atoms with Crippen molar-refractivity contribution in [1.82, 2.24) is 10.3 Å². The van der Waals surface area contributed by atoms with Crippen LogP contribution < -0.4 is 11.3 Å². The Labute approximate surface area is 125 Å². The van der Waals surface area contributed by atoms with E-state index in [0.717, 1.165) is 36.9 Å². The molecule has 1 amide bonds. The number of hydrazine groups is 1. The molecule has 21 heavy (non-hydrogen) atoms. The molecule has 2 rings (SSSR count). The predicted octanol–water partition coefficient (Wildman–Crippen LogP) is 2.66. The molecule has 1 aromatic carbocycles. The van der Waals surface area contributed by atoms with Gasteiger partial charge in [-0.3, -0.25) is 15.1 Å². The Kier molecular flexibility index (Phi) is 5.36. The van der Waals surface area contributed by atoms with E-state index in [9.17, 15) is 4.79 Å². The third-order valence-electron chi connectivity index (χ3n) is 3.47. The summed E-state index contributed by atoms with van der Waals surface area (Å²) in [5.74, 6) is 5.70. The van der Waals surface area contributed by atoms with Gasteiger partial charge in [0.2, 0.25) is 0 Å². The molecule has 5 heteroatoms. The van der Waals surface area contributed by atoms with Gasteiger partial charge in [0.1, 0.15) is 11.3 Å². The maximum atomic E-state index is 12.1. The van der Waals surface area contributed by atoms with Crippen LogP contribution in [-0.4, -0.2) is 23.9 Å². The van der Waals surface area contributed by atoms with Crippen molar-refractivity contribution in [2.24, 2.45) is 5.84 Å². The van der Waals surface area contributed by atoms with Crippen molar-refractivity contribution in [3.8, 4) is 0 Å². The van der Waals surface area contributed by atoms with Crippen molar-refractivity contribution < 1.29 is 9.21 Å². The molecule has 0 aliphatic heterocycles. The van der Waals surface area contributed by atoms with Crippen molar-refractivity contribution >= 4 is 16.9 Å². The lowest BCUT2D eigenvalue weighted by Crippen LogP contribution is -2.32. The van der Waals surface area contributed by atoms with E-state index in [2.05, 4.69) is 24.2 Å². The lowest BCUT2D eigenvalue weighted by atomic mass is 10.1. The Morgan fingerprint density at radius 2 is 1.90 bits per heavy atom. The van der Waals surface area contributed by atoms with Gasteiger partial charge in [-0.1, -0.05) is 32.0 Å². The van der Waals surface area contributed by atoms with Crippen LogP contribution in [0.3, 0.4) is 0 Å². The minimum Gasteiger partial charge on any atom is -0.459 e. The average molecular weight is 289 g/mol. The number of fused-ring (bicyclic) bond motifs is 1. The standard InChI is InChI=1S/C16H23N3O2/c1-3-9-19(10-4-2)11-14-15(16(20)18-17)12-7-5-6-8-13(12)21-14/h5-8H,3-4,9-11,17H2,1-2H3,(H,18,20). The lowest BCUT2D eigenvalue weighted by Gasteiger charge is -2.20. The summed E-state index contributed by atoms with van der Waals surface area (Å²) in [5.41, 5.74) is 3.49. The van der Waals surface area contributed by atoms with Gasteiger partial charge in [0.05, 0.1) is 12.1 Å². The molecule has 0 aliphatic carbocycles. The third-order valence-corrected chi connectivity index (χ3v) is 3.47. The summed E-state index contributed by atoms with van der Waals surface area (Å²) in [6.45, 7) is 6.88. The van der Waals surface area contributed by atoms with Gasteiger partial charge < -0.3 is 4.42 Å². The van der Waals surface area contributed by atoms with E-state index in [0.29, 0.717) is 17.9 Å². The number of para-hydroxylation sites is 1. The van der Waals surface area contributed by atoms with Crippen molar-refractivity contribution in [3.63, 3.8) is 0 Å². The Bertz CT molecular complexity index is 601. The number of hydrogen-bond acceptors (Lipinski definition) is 4. The number of amides is 1. The van der Waals surface area contributed by atoms with Gasteiger partial charge in [0.15, 0.2) is 0 Å². The minimum atomic E-state index is -0.303. The zero-order chi connectivity index (χ0) is 15.2. The van der Waals surface area contributed by atoms with E-state index in [1.807, 2.05) is 24.3 Å². The molecule has 1 aromatic heterocycles. The molecular weight excluding hydrogens is 266 g/mol. The minimum absolute atomic E-state index is 0.303. The molecule has 0 spiro atoms. The highest BCUT2D eigenvalue weighted by molar-refractivity contribution is 6.07. The number of benzene rings is 1. The Hall–Kier alpha value is -1.85. The second kappa shape index (κ2) is 7.24. The van der Waals surface area contributed by atoms with E-state index in [1.165, 1.54) is 0 Å². The van der Waals surface area contributed by atoms with Crippen LogP contribution in [0, 0.1) is 0 Å². The van der Waals surface area contributed by atoms with Crippen LogP contribution in [0.5, 0.6) is 0 Å². The van der Waals surface area contributed by atoms with E-state index in [4.69, 9.17) is 10.3 Å². The van der Waals surface area contributed by atoms with Crippen LogP contribution in [0.25, 0.3) is 11.0 Å². The van der Waals surface area contributed by atoms with Crippen molar-refractivity contribution in [2.45, 2.75) is 33.2 Å². The first kappa shape index (κ1) is 15.5. The number of nitrogen functional groups attached to an aromatic ring is 1. The zero-order valence-corrected chi connectivity index (χ0v) is 12.7. The maximum Gasteiger partial charge on any atom is 0.269 e. The molecule has 0 fully saturated rings. The van der Waals surface area contributed by atoms with Gasteiger partial charge >= 0.3 is 0 Å². The second-order valence-electron chi connectivity index (χ2n) is 5.15. The van der Waals surface area contributed by atoms with Crippen LogP contribution in [-0.2, 0) is 6.54 Å². The molecule has 0 unspecified atom stereocenters. The zero-order valence-electron chi connectivity index (χ0n) is 12.7. The molecule has 0 saturated carbocycles. The number of nitrogens with zero attached hydrogens (tertiary/aromatic N) is 1. The van der Waals surface area contributed by atoms with E-state index < -0.39 is 0 Å². The Balaban J connectivity index is 2.39. The largest absolute Gasteiger partial charge is 0.459 e. The highest BCUT2D eigenvalue weighted by Gasteiger charge is 2.21. The van der Waals surface area contributed by atoms with Crippen LogP contribution in [0.15, 0.2) is 28.7 Å². The summed E-state index contributed by atoms with van der Waals surface area (Å²) in [6, 6.07) is 7.55. The molecule has 0 saturated heterocycles. The topological polar surface area (TPSA) is 71.5 Å². The number of rotatable bonds is 7. The molecule has 0 aliphatic rings. The van der Waals surface area contributed by atoms with Gasteiger partial charge in [-0.2, -0.15) is 0 Å². The number of nitrogens with one attached hydrogen (secondary N) is 1. The Morgan fingerprint density at radius 1 is 1.24 bits per heavy atom. The summed E-state index contributed by atoms with van der Waals surface area (Å²) in [5, 5.41) is 0.809. The van der Waals surface area contributed by atoms with Gasteiger partial charge in [0, 0.05) is 5.39 Å². The highest BCUT2D eigenvalue weighted by Crippen LogP contribution is 2.27. The van der Waals surface area contributed by atoms with Gasteiger partial charge in [0.25, 0.3) is 5.91 Å². The number of hydrogen-bond donors (Lipinski definition) is 2. The molecule has 114 valence electrons. The Morgan fingerprint density at radius 3 is 2.52 bits per heavy atom. The first-order chi connectivity index (χ1) is 10.2. The summed E-state index contributed by atoms with van der Waals surface area (Å²) < 4.78 is 5.89. The fraction of sp³-hybridized carbons (Fsp3) is 0.438. The third kappa shape index (κ3) is 3.43. The number of furan rings is 1. The highest BCUT2D eigenvalue weighted by atomic mass is 16.3. The van der Waals surface area contributed by atoms with Crippen LogP contribution >= 0.6 is 0 Å². The smallest absolute Gasteiger partial charge is 0.269 e. The number of carbonyl (C=O) groups is 1. The first-order valence-corrected chi connectivity index (χ1v) is 7.44. The number of carbonyl (C=O) groups excluding carboxylic acids is 1. The number of nitrogens with two attached hydrogens (primary N) is 1. The molecule has 1 heterocycles. The fourth-order valence-electron chi connectivity index (χ4n) is 2.63.